The Bertz CT molecular complexity index is 2570. The molecule has 5 N–H and O–H groups in total. The van der Waals surface area contributed by atoms with Crippen molar-refractivity contribution in [3.8, 4) is 16.9 Å². The Morgan fingerprint density at radius 2 is 1.59 bits per heavy atom. The van der Waals surface area contributed by atoms with E-state index in [1.165, 1.54) is 11.6 Å². The summed E-state index contributed by atoms with van der Waals surface area (Å²) in [5.74, 6) is -0.0641. The number of phenols is 1. The first-order chi connectivity index (χ1) is 30.5. The van der Waals surface area contributed by atoms with Gasteiger partial charge in [-0.05, 0) is 90.8 Å². The highest BCUT2D eigenvalue weighted by Gasteiger charge is 2.24. The second kappa shape index (κ2) is 20.9. The monoisotopic (exact) mass is 848 g/mol. The molecule has 6 aromatic rings. The third-order valence-corrected chi connectivity index (χ3v) is 11.8. The number of likely N-dealkylation sites (tertiary alicyclic amines) is 1. The third kappa shape index (κ3) is 11.8. The number of H-pyrrole nitrogens is 1. The van der Waals surface area contributed by atoms with Gasteiger partial charge in [0.25, 0.3) is 5.91 Å². The fourth-order valence-electron chi connectivity index (χ4n) is 8.10. The fraction of sp³-hybridized carbons (Fsp3) is 0.294. The quantitative estimate of drug-likeness (QED) is 0.0653. The predicted octanol–water partition coefficient (Wildman–Crippen LogP) is 8.22. The zero-order valence-electron chi connectivity index (χ0n) is 36.1. The molecule has 63 heavy (non-hydrogen) atoms. The molecule has 1 fully saturated rings. The molecular weight excluding hydrogens is 793 g/mol. The minimum absolute atomic E-state index is 0.0499. The van der Waals surface area contributed by atoms with Crippen molar-refractivity contribution < 1.29 is 24.2 Å². The number of ether oxygens (including phenoxy) is 1. The van der Waals surface area contributed by atoms with E-state index in [4.69, 9.17) is 4.74 Å². The molecule has 1 saturated heterocycles. The second-order valence-electron chi connectivity index (χ2n) is 16.4. The number of nitrogens with one attached hydrogen (secondary N) is 4. The van der Waals surface area contributed by atoms with Gasteiger partial charge in [0.1, 0.15) is 11.9 Å². The number of hydrogen-bond acceptors (Lipinski definition) is 8. The molecule has 1 aliphatic rings. The maximum absolute atomic E-state index is 13.3. The van der Waals surface area contributed by atoms with Crippen LogP contribution >= 0.6 is 0 Å². The molecule has 5 aromatic carbocycles. The maximum Gasteiger partial charge on any atom is 0.411 e. The maximum atomic E-state index is 13.3. The normalized spacial score (nSPS) is 14.1. The molecule has 1 unspecified atom stereocenters. The Morgan fingerprint density at radius 1 is 0.857 bits per heavy atom. The average molecular weight is 849 g/mol. The van der Waals surface area contributed by atoms with Crippen molar-refractivity contribution >= 4 is 40.2 Å². The fourth-order valence-corrected chi connectivity index (χ4v) is 8.10. The van der Waals surface area contributed by atoms with E-state index in [0.29, 0.717) is 54.8 Å². The summed E-state index contributed by atoms with van der Waals surface area (Å²) < 4.78 is 5.79. The van der Waals surface area contributed by atoms with Gasteiger partial charge in [-0.1, -0.05) is 91.9 Å². The second-order valence-corrected chi connectivity index (χ2v) is 16.4. The minimum atomic E-state index is -0.472. The standard InChI is InChI=1S/C51H56N6O6/c1-34(42-20-22-46(58)49-44(42)21-23-47(59)55-49)32-52-35(2)30-36-16-18-37(19-17-36)33-53-50(61)39-12-9-13-40(31-39)56(3)48(60)26-29-57-27-24-41(25-28-57)63-51(62)54-45-15-8-7-14-43(45)38-10-5-4-6-11-38/h4-23,31,34-35,41,52,58H,24-30,32-33H2,1-3H3,(H,53,61)(H,54,62)(H,55,59)/t34-,35?/m0/s1. The molecule has 326 valence electrons. The van der Waals surface area contributed by atoms with Crippen molar-refractivity contribution in [3.05, 3.63) is 160 Å². The molecule has 7 rings (SSSR count). The Hall–Kier alpha value is -6.76. The number of anilines is 2. The van der Waals surface area contributed by atoms with E-state index in [1.807, 2.05) is 78.9 Å². The summed E-state index contributed by atoms with van der Waals surface area (Å²) in [6.07, 6.45) is 1.84. The molecule has 2 heterocycles. The van der Waals surface area contributed by atoms with Gasteiger partial charge < -0.3 is 35.3 Å². The van der Waals surface area contributed by atoms with Crippen LogP contribution in [0, 0.1) is 0 Å². The van der Waals surface area contributed by atoms with Crippen molar-refractivity contribution in [3.63, 3.8) is 0 Å². The first-order valence-corrected chi connectivity index (χ1v) is 21.7. The molecule has 1 aliphatic heterocycles. The number of aromatic amines is 1. The summed E-state index contributed by atoms with van der Waals surface area (Å²) in [4.78, 5) is 57.7. The van der Waals surface area contributed by atoms with Crippen LogP contribution < -0.4 is 26.4 Å². The number of aromatic nitrogens is 1. The lowest BCUT2D eigenvalue weighted by Crippen LogP contribution is -2.40. The summed E-state index contributed by atoms with van der Waals surface area (Å²) in [5, 5.41) is 20.6. The molecule has 0 saturated carbocycles. The van der Waals surface area contributed by atoms with Gasteiger partial charge in [0.15, 0.2) is 0 Å². The lowest BCUT2D eigenvalue weighted by atomic mass is 9.95. The smallest absolute Gasteiger partial charge is 0.411 e. The number of hydrogen-bond donors (Lipinski definition) is 5. The van der Waals surface area contributed by atoms with Crippen molar-refractivity contribution in [2.24, 2.45) is 0 Å². The van der Waals surface area contributed by atoms with Gasteiger partial charge in [0.05, 0.1) is 11.2 Å². The number of pyridine rings is 1. The number of rotatable bonds is 16. The van der Waals surface area contributed by atoms with Crippen LogP contribution in [0.15, 0.2) is 132 Å². The van der Waals surface area contributed by atoms with Gasteiger partial charge in [-0.3, -0.25) is 19.7 Å². The molecule has 12 heteroatoms. The van der Waals surface area contributed by atoms with E-state index < -0.39 is 6.09 Å². The molecule has 3 amide bonds. The Morgan fingerprint density at radius 3 is 2.37 bits per heavy atom. The van der Waals surface area contributed by atoms with E-state index in [0.717, 1.165) is 53.7 Å². The van der Waals surface area contributed by atoms with Gasteiger partial charge in [0.2, 0.25) is 11.5 Å². The van der Waals surface area contributed by atoms with Gasteiger partial charge in [0, 0.05) is 80.5 Å². The number of phenolic OH excluding ortho intramolecular Hbond substituents is 1. The Balaban J connectivity index is 0.809. The zero-order valence-corrected chi connectivity index (χ0v) is 36.1. The lowest BCUT2D eigenvalue weighted by Gasteiger charge is -2.31. The Kier molecular flexibility index (Phi) is 14.7. The van der Waals surface area contributed by atoms with Crippen LogP contribution in [0.2, 0.25) is 0 Å². The molecule has 2 atom stereocenters. The first-order valence-electron chi connectivity index (χ1n) is 21.7. The summed E-state index contributed by atoms with van der Waals surface area (Å²) in [5.41, 5.74) is 7.17. The zero-order chi connectivity index (χ0) is 44.3. The van der Waals surface area contributed by atoms with E-state index in [1.54, 1.807) is 42.3 Å². The highest BCUT2D eigenvalue weighted by atomic mass is 16.6. The number of aromatic hydroxyl groups is 1. The highest BCUT2D eigenvalue weighted by molar-refractivity contribution is 5.98. The average Bonchev–Trinajstić information content (AvgIpc) is 3.30. The highest BCUT2D eigenvalue weighted by Crippen LogP contribution is 2.30. The Labute approximate surface area is 368 Å². The van der Waals surface area contributed by atoms with E-state index in [9.17, 15) is 24.3 Å². The molecule has 12 nitrogen and oxygen atoms in total. The largest absolute Gasteiger partial charge is 0.506 e. The number of carbonyl (C=O) groups is 3. The van der Waals surface area contributed by atoms with Crippen LogP contribution in [0.1, 0.15) is 66.1 Å². The molecule has 1 aromatic heterocycles. The molecule has 0 spiro atoms. The number of fused-ring (bicyclic) bond motifs is 1. The van der Waals surface area contributed by atoms with Gasteiger partial charge in [-0.15, -0.1) is 0 Å². The van der Waals surface area contributed by atoms with Gasteiger partial charge >= 0.3 is 6.09 Å². The molecule has 0 radical (unpaired) electrons. The van der Waals surface area contributed by atoms with Crippen LogP contribution in [-0.2, 0) is 22.5 Å². The number of para-hydroxylation sites is 1. The molecular formula is C51H56N6O6. The first kappa shape index (κ1) is 44.3. The summed E-state index contributed by atoms with van der Waals surface area (Å²) in [7, 11) is 1.73. The van der Waals surface area contributed by atoms with Crippen LogP contribution in [0.3, 0.4) is 0 Å². The van der Waals surface area contributed by atoms with Crippen molar-refractivity contribution in [2.75, 3.05) is 43.4 Å². The predicted molar refractivity (Wildman–Crippen MR) is 249 cm³/mol. The van der Waals surface area contributed by atoms with Crippen LogP contribution in [0.25, 0.3) is 22.0 Å². The minimum Gasteiger partial charge on any atom is -0.506 e. The third-order valence-electron chi connectivity index (χ3n) is 11.8. The van der Waals surface area contributed by atoms with Crippen LogP contribution in [0.4, 0.5) is 16.2 Å². The SMILES string of the molecule is CC(Cc1ccc(CNC(=O)c2cccc(N(C)C(=O)CCN3CCC(OC(=O)Nc4ccccc4-c4ccccc4)CC3)c2)cc1)NC[C@H](C)c1ccc(O)c2[nH]c(=O)ccc12. The number of nitrogens with zero attached hydrogens (tertiary/aromatic N) is 2. The topological polar surface area (TPSA) is 156 Å². The summed E-state index contributed by atoms with van der Waals surface area (Å²) >= 11 is 0. The van der Waals surface area contributed by atoms with Gasteiger partial charge in [-0.2, -0.15) is 0 Å². The molecule has 0 bridgehead atoms. The molecule has 0 aliphatic carbocycles. The summed E-state index contributed by atoms with van der Waals surface area (Å²) in [6, 6.07) is 39.9. The van der Waals surface area contributed by atoms with Crippen molar-refractivity contribution in [1.29, 1.82) is 0 Å². The van der Waals surface area contributed by atoms with E-state index in [2.05, 4.69) is 51.8 Å². The number of carbonyl (C=O) groups excluding carboxylic acids is 3. The number of amides is 3. The van der Waals surface area contributed by atoms with E-state index in [-0.39, 0.29) is 41.2 Å². The lowest BCUT2D eigenvalue weighted by molar-refractivity contribution is -0.118. The number of piperidine rings is 1. The van der Waals surface area contributed by atoms with Gasteiger partial charge in [-0.25, -0.2) is 4.79 Å². The summed E-state index contributed by atoms with van der Waals surface area (Å²) in [6.45, 7) is 7.38. The van der Waals surface area contributed by atoms with Crippen molar-refractivity contribution in [1.82, 2.24) is 20.5 Å². The van der Waals surface area contributed by atoms with Crippen molar-refractivity contribution in [2.45, 2.75) is 64.1 Å². The van der Waals surface area contributed by atoms with Crippen LogP contribution in [0.5, 0.6) is 5.75 Å². The van der Waals surface area contributed by atoms with E-state index >= 15 is 0 Å². The van der Waals surface area contributed by atoms with Crippen LogP contribution in [-0.4, -0.2) is 78.3 Å². The number of benzene rings is 5.